The number of H-pyrrole nitrogens is 1. The van der Waals surface area contributed by atoms with Gasteiger partial charge in [-0.2, -0.15) is 4.31 Å². The molecule has 188 valence electrons. The maximum absolute atomic E-state index is 13.4. The molecular weight excluding hydrogens is 464 g/mol. The van der Waals surface area contributed by atoms with Crippen LogP contribution in [-0.4, -0.2) is 82.5 Å². The molecule has 1 aliphatic rings. The number of hydrogen-bond donors (Lipinski definition) is 1. The normalized spacial score (nSPS) is 14.3. The zero-order valence-corrected chi connectivity index (χ0v) is 21.7. The zero-order valence-electron chi connectivity index (χ0n) is 20.9. The van der Waals surface area contributed by atoms with E-state index >= 15 is 0 Å². The Morgan fingerprint density at radius 1 is 1.09 bits per heavy atom. The van der Waals surface area contributed by atoms with Gasteiger partial charge in [-0.05, 0) is 55.7 Å². The largest absolute Gasteiger partial charge is 0.383 e. The first-order valence-electron chi connectivity index (χ1n) is 11.9. The SMILES string of the molecule is COCCN(C)C(=O)CN(C)S(=O)(=O)c1ccc(N2CCCC2)c(-c2cc3ccc(C)cc3[nH]2)c1. The highest BCUT2D eigenvalue weighted by Crippen LogP contribution is 2.36. The van der Waals surface area contributed by atoms with Crippen molar-refractivity contribution < 1.29 is 17.9 Å². The Labute approximate surface area is 207 Å². The fourth-order valence-electron chi connectivity index (χ4n) is 4.44. The van der Waals surface area contributed by atoms with Crippen molar-refractivity contribution >= 4 is 32.5 Å². The molecule has 0 aliphatic carbocycles. The molecule has 1 fully saturated rings. The van der Waals surface area contributed by atoms with Crippen LogP contribution in [0.5, 0.6) is 0 Å². The van der Waals surface area contributed by atoms with Crippen LogP contribution >= 0.6 is 0 Å². The number of nitrogens with one attached hydrogen (secondary N) is 1. The van der Waals surface area contributed by atoms with E-state index in [0.717, 1.165) is 63.6 Å². The van der Waals surface area contributed by atoms with Crippen molar-refractivity contribution in [2.45, 2.75) is 24.7 Å². The minimum absolute atomic E-state index is 0.167. The molecule has 1 saturated heterocycles. The molecule has 0 radical (unpaired) electrons. The number of aromatic amines is 1. The third kappa shape index (κ3) is 5.37. The zero-order chi connectivity index (χ0) is 25.2. The smallest absolute Gasteiger partial charge is 0.243 e. The lowest BCUT2D eigenvalue weighted by Gasteiger charge is -2.24. The van der Waals surface area contributed by atoms with Gasteiger partial charge in [0.05, 0.1) is 18.0 Å². The molecule has 0 spiro atoms. The summed E-state index contributed by atoms with van der Waals surface area (Å²) >= 11 is 0. The Morgan fingerprint density at radius 2 is 1.83 bits per heavy atom. The Bertz CT molecular complexity index is 1310. The Hall–Kier alpha value is -2.88. The van der Waals surface area contributed by atoms with Gasteiger partial charge in [0.25, 0.3) is 0 Å². The van der Waals surface area contributed by atoms with Crippen molar-refractivity contribution in [3.63, 3.8) is 0 Å². The first-order valence-corrected chi connectivity index (χ1v) is 13.3. The van der Waals surface area contributed by atoms with Crippen molar-refractivity contribution in [2.75, 3.05) is 58.9 Å². The Kier molecular flexibility index (Phi) is 7.49. The number of hydrogen-bond acceptors (Lipinski definition) is 5. The van der Waals surface area contributed by atoms with Gasteiger partial charge in [0.2, 0.25) is 15.9 Å². The molecule has 0 bridgehead atoms. The van der Waals surface area contributed by atoms with E-state index in [4.69, 9.17) is 4.74 Å². The highest BCUT2D eigenvalue weighted by atomic mass is 32.2. The molecule has 0 atom stereocenters. The molecule has 1 aromatic heterocycles. The van der Waals surface area contributed by atoms with Crippen molar-refractivity contribution in [1.82, 2.24) is 14.2 Å². The van der Waals surface area contributed by atoms with Gasteiger partial charge in [-0.15, -0.1) is 0 Å². The monoisotopic (exact) mass is 498 g/mol. The number of aromatic nitrogens is 1. The van der Waals surface area contributed by atoms with Crippen LogP contribution < -0.4 is 4.90 Å². The van der Waals surface area contributed by atoms with E-state index in [-0.39, 0.29) is 17.3 Å². The third-order valence-corrected chi connectivity index (χ3v) is 8.40. The fourth-order valence-corrected chi connectivity index (χ4v) is 5.59. The Balaban J connectivity index is 1.69. The van der Waals surface area contributed by atoms with E-state index in [1.807, 2.05) is 13.0 Å². The highest BCUT2D eigenvalue weighted by Gasteiger charge is 2.27. The van der Waals surface area contributed by atoms with E-state index < -0.39 is 10.0 Å². The molecule has 2 aromatic carbocycles. The van der Waals surface area contributed by atoms with Crippen molar-refractivity contribution in [3.8, 4) is 11.3 Å². The molecular formula is C26H34N4O4S. The number of carbonyl (C=O) groups is 1. The lowest BCUT2D eigenvalue weighted by molar-refractivity contribution is -0.130. The number of rotatable bonds is 9. The number of aryl methyl sites for hydroxylation is 1. The van der Waals surface area contributed by atoms with Crippen molar-refractivity contribution in [2.24, 2.45) is 0 Å². The summed E-state index contributed by atoms with van der Waals surface area (Å²) < 4.78 is 33.0. The number of likely N-dealkylation sites (N-methyl/N-ethyl adjacent to an activating group) is 2. The maximum atomic E-state index is 13.4. The average molecular weight is 499 g/mol. The van der Waals surface area contributed by atoms with Crippen LogP contribution in [0.15, 0.2) is 47.4 Å². The van der Waals surface area contributed by atoms with Gasteiger partial charge in [0.15, 0.2) is 0 Å². The summed E-state index contributed by atoms with van der Waals surface area (Å²) in [5.74, 6) is -0.284. The van der Waals surface area contributed by atoms with Gasteiger partial charge < -0.3 is 19.5 Å². The van der Waals surface area contributed by atoms with Crippen molar-refractivity contribution in [3.05, 3.63) is 48.0 Å². The molecule has 1 amide bonds. The maximum Gasteiger partial charge on any atom is 0.243 e. The molecule has 4 rings (SSSR count). The summed E-state index contributed by atoms with van der Waals surface area (Å²) in [6, 6.07) is 13.6. The van der Waals surface area contributed by atoms with E-state index in [0.29, 0.717) is 13.2 Å². The number of carbonyl (C=O) groups excluding carboxylic acids is 1. The highest BCUT2D eigenvalue weighted by molar-refractivity contribution is 7.89. The Morgan fingerprint density at radius 3 is 2.54 bits per heavy atom. The molecule has 1 aliphatic heterocycles. The van der Waals surface area contributed by atoms with Gasteiger partial charge in [-0.1, -0.05) is 12.1 Å². The molecule has 35 heavy (non-hydrogen) atoms. The lowest BCUT2D eigenvalue weighted by Crippen LogP contribution is -2.40. The fraction of sp³-hybridized carbons (Fsp3) is 0.423. The summed E-state index contributed by atoms with van der Waals surface area (Å²) in [6.07, 6.45) is 2.24. The molecule has 2 heterocycles. The standard InChI is InChI=1S/C26H34N4O4S/c1-19-7-8-20-16-24(27-23(20)15-19)22-17-21(9-10-25(22)30-11-5-6-12-30)35(32,33)29(3)18-26(31)28(2)13-14-34-4/h7-10,15-17,27H,5-6,11-14,18H2,1-4H3. The quantitative estimate of drug-likeness (QED) is 0.488. The third-order valence-electron chi connectivity index (χ3n) is 6.61. The van der Waals surface area contributed by atoms with Gasteiger partial charge in [0.1, 0.15) is 0 Å². The van der Waals surface area contributed by atoms with Crippen LogP contribution in [0.25, 0.3) is 22.2 Å². The van der Waals surface area contributed by atoms with E-state index in [2.05, 4.69) is 34.1 Å². The molecule has 3 aromatic rings. The van der Waals surface area contributed by atoms with Crippen molar-refractivity contribution in [1.29, 1.82) is 0 Å². The predicted molar refractivity (Wildman–Crippen MR) is 139 cm³/mol. The van der Waals surface area contributed by atoms with Crippen LogP contribution in [0.3, 0.4) is 0 Å². The lowest BCUT2D eigenvalue weighted by atomic mass is 10.1. The van der Waals surface area contributed by atoms with E-state index in [1.165, 1.54) is 11.9 Å². The summed E-state index contributed by atoms with van der Waals surface area (Å²) in [7, 11) is 0.772. The predicted octanol–water partition coefficient (Wildman–Crippen LogP) is 3.47. The molecule has 8 nitrogen and oxygen atoms in total. The van der Waals surface area contributed by atoms with Gasteiger partial charge >= 0.3 is 0 Å². The number of amides is 1. The molecule has 0 saturated carbocycles. The first-order chi connectivity index (χ1) is 16.7. The van der Waals surface area contributed by atoms with Crippen LogP contribution in [-0.2, 0) is 19.6 Å². The number of benzene rings is 2. The number of anilines is 1. The minimum atomic E-state index is -3.87. The van der Waals surface area contributed by atoms with Crippen LogP contribution in [0.4, 0.5) is 5.69 Å². The summed E-state index contributed by atoms with van der Waals surface area (Å²) in [4.78, 5) is 20.0. The van der Waals surface area contributed by atoms with Crippen LogP contribution in [0, 0.1) is 6.92 Å². The van der Waals surface area contributed by atoms with Crippen LogP contribution in [0.1, 0.15) is 18.4 Å². The number of methoxy groups -OCH3 is 1. The minimum Gasteiger partial charge on any atom is -0.383 e. The second kappa shape index (κ2) is 10.4. The summed E-state index contributed by atoms with van der Waals surface area (Å²) in [5.41, 5.74) is 4.91. The summed E-state index contributed by atoms with van der Waals surface area (Å²) in [6.45, 7) is 4.49. The van der Waals surface area contributed by atoms with Gasteiger partial charge in [-0.25, -0.2) is 8.42 Å². The number of ether oxygens (including phenoxy) is 1. The van der Waals surface area contributed by atoms with Gasteiger partial charge in [-0.3, -0.25) is 4.79 Å². The number of nitrogens with zero attached hydrogens (tertiary/aromatic N) is 3. The van der Waals surface area contributed by atoms with E-state index in [9.17, 15) is 13.2 Å². The average Bonchev–Trinajstić information content (AvgIpc) is 3.51. The van der Waals surface area contributed by atoms with Gasteiger partial charge in [0, 0.05) is 68.7 Å². The molecule has 1 N–H and O–H groups in total. The molecule has 0 unspecified atom stereocenters. The second-order valence-corrected chi connectivity index (χ2v) is 11.3. The first kappa shape index (κ1) is 25.2. The van der Waals surface area contributed by atoms with Crippen LogP contribution in [0.2, 0.25) is 0 Å². The molecule has 9 heteroatoms. The van der Waals surface area contributed by atoms with E-state index in [1.54, 1.807) is 26.3 Å². The summed E-state index contributed by atoms with van der Waals surface area (Å²) in [5, 5.41) is 1.08. The second-order valence-electron chi connectivity index (χ2n) is 9.22. The number of sulfonamides is 1. The number of fused-ring (bicyclic) bond motifs is 1. The topological polar surface area (TPSA) is 85.9 Å².